The van der Waals surface area contributed by atoms with E-state index in [0.29, 0.717) is 6.42 Å². The van der Waals surface area contributed by atoms with Crippen LogP contribution in [0, 0.1) is 0 Å². The molecule has 2 atom stereocenters. The number of halogens is 1. The Kier molecular flexibility index (Phi) is 9.88. The second-order valence-corrected chi connectivity index (χ2v) is 5.29. The van der Waals surface area contributed by atoms with E-state index in [1.165, 1.54) is 0 Å². The first kappa shape index (κ1) is 20.5. The average Bonchev–Trinajstić information content (AvgIpc) is 2.27. The van der Waals surface area contributed by atoms with E-state index in [1.54, 1.807) is 6.92 Å². The predicted octanol–water partition coefficient (Wildman–Crippen LogP) is 1.94. The van der Waals surface area contributed by atoms with Crippen molar-refractivity contribution in [1.29, 1.82) is 0 Å². The fraction of sp³-hybridized carbons (Fsp3) is 0.846. The van der Waals surface area contributed by atoms with Crippen molar-refractivity contribution in [3.05, 3.63) is 0 Å². The van der Waals surface area contributed by atoms with E-state index in [4.69, 9.17) is 5.11 Å². The van der Waals surface area contributed by atoms with Crippen molar-refractivity contribution in [3.63, 3.8) is 0 Å². The van der Waals surface area contributed by atoms with E-state index in [1.807, 2.05) is 27.7 Å². The van der Waals surface area contributed by atoms with Gasteiger partial charge in [0.2, 0.25) is 5.91 Å². The molecule has 0 rings (SSSR count). The van der Waals surface area contributed by atoms with Crippen molar-refractivity contribution < 1.29 is 14.7 Å². The first-order valence-electron chi connectivity index (χ1n) is 6.54. The molecule has 0 spiro atoms. The first-order chi connectivity index (χ1) is 8.23. The normalized spacial score (nSPS) is 14.2. The van der Waals surface area contributed by atoms with Gasteiger partial charge in [-0.2, -0.15) is 0 Å². The average molecular weight is 295 g/mol. The van der Waals surface area contributed by atoms with Crippen LogP contribution in [0.3, 0.4) is 0 Å². The van der Waals surface area contributed by atoms with Gasteiger partial charge in [0.05, 0.1) is 6.04 Å². The molecule has 1 amide bonds. The molecule has 0 aromatic rings. The van der Waals surface area contributed by atoms with E-state index in [0.717, 1.165) is 12.8 Å². The molecule has 0 radical (unpaired) electrons. The standard InChI is InChI=1S/C13H26N2O3.ClH/c1-6-8-10(12(17)18)14-9(3)11(16)15-13(4,5)7-2;/h9-10,14H,6-8H2,1-5H3,(H,15,16)(H,17,18);1H. The van der Waals surface area contributed by atoms with Gasteiger partial charge in [-0.05, 0) is 33.6 Å². The minimum Gasteiger partial charge on any atom is -0.480 e. The Bertz CT molecular complexity index is 296. The van der Waals surface area contributed by atoms with E-state index < -0.39 is 18.1 Å². The number of carboxylic acids is 1. The number of rotatable bonds is 8. The third kappa shape index (κ3) is 8.06. The van der Waals surface area contributed by atoms with E-state index in [9.17, 15) is 9.59 Å². The fourth-order valence-electron chi connectivity index (χ4n) is 1.47. The molecule has 0 saturated heterocycles. The zero-order chi connectivity index (χ0) is 14.3. The zero-order valence-corrected chi connectivity index (χ0v) is 13.3. The van der Waals surface area contributed by atoms with Gasteiger partial charge in [0, 0.05) is 5.54 Å². The molecule has 0 saturated carbocycles. The van der Waals surface area contributed by atoms with Crippen LogP contribution in [0.2, 0.25) is 0 Å². The van der Waals surface area contributed by atoms with E-state index in [-0.39, 0.29) is 23.9 Å². The smallest absolute Gasteiger partial charge is 0.320 e. The van der Waals surface area contributed by atoms with Crippen molar-refractivity contribution in [3.8, 4) is 0 Å². The molecule has 114 valence electrons. The van der Waals surface area contributed by atoms with Crippen molar-refractivity contribution in [2.45, 2.75) is 71.5 Å². The van der Waals surface area contributed by atoms with Gasteiger partial charge >= 0.3 is 5.97 Å². The number of nitrogens with one attached hydrogen (secondary N) is 2. The Morgan fingerprint density at radius 1 is 1.26 bits per heavy atom. The molecule has 0 aromatic carbocycles. The maximum Gasteiger partial charge on any atom is 0.320 e. The van der Waals surface area contributed by atoms with Gasteiger partial charge in [-0.25, -0.2) is 0 Å². The van der Waals surface area contributed by atoms with Crippen LogP contribution in [0.5, 0.6) is 0 Å². The van der Waals surface area contributed by atoms with Crippen LogP contribution < -0.4 is 10.6 Å². The van der Waals surface area contributed by atoms with Gasteiger partial charge in [-0.3, -0.25) is 14.9 Å². The number of amides is 1. The molecule has 0 fully saturated rings. The van der Waals surface area contributed by atoms with Crippen molar-refractivity contribution >= 4 is 24.3 Å². The highest BCUT2D eigenvalue weighted by Crippen LogP contribution is 2.07. The van der Waals surface area contributed by atoms with Crippen molar-refractivity contribution in [2.24, 2.45) is 0 Å². The second kappa shape index (κ2) is 9.15. The molecule has 19 heavy (non-hydrogen) atoms. The van der Waals surface area contributed by atoms with Gasteiger partial charge in [0.25, 0.3) is 0 Å². The number of hydrogen-bond acceptors (Lipinski definition) is 3. The summed E-state index contributed by atoms with van der Waals surface area (Å²) in [7, 11) is 0. The lowest BCUT2D eigenvalue weighted by molar-refractivity contribution is -0.140. The summed E-state index contributed by atoms with van der Waals surface area (Å²) in [6, 6.07) is -1.18. The van der Waals surface area contributed by atoms with Crippen molar-refractivity contribution in [1.82, 2.24) is 10.6 Å². The van der Waals surface area contributed by atoms with Crippen LogP contribution in [0.25, 0.3) is 0 Å². The minimum atomic E-state index is -0.911. The highest BCUT2D eigenvalue weighted by molar-refractivity contribution is 5.85. The molecule has 2 unspecified atom stereocenters. The first-order valence-corrected chi connectivity index (χ1v) is 6.54. The maximum absolute atomic E-state index is 11.9. The summed E-state index contributed by atoms with van der Waals surface area (Å²) in [6.07, 6.45) is 2.10. The highest BCUT2D eigenvalue weighted by atomic mass is 35.5. The molecule has 0 bridgehead atoms. The Morgan fingerprint density at radius 2 is 1.79 bits per heavy atom. The summed E-state index contributed by atoms with van der Waals surface area (Å²) in [5, 5.41) is 14.8. The quantitative estimate of drug-likeness (QED) is 0.639. The van der Waals surface area contributed by atoms with E-state index in [2.05, 4.69) is 10.6 Å². The largest absolute Gasteiger partial charge is 0.480 e. The lowest BCUT2D eigenvalue weighted by Crippen LogP contribution is -2.54. The topological polar surface area (TPSA) is 78.4 Å². The molecule has 0 aliphatic carbocycles. The Morgan fingerprint density at radius 3 is 2.16 bits per heavy atom. The van der Waals surface area contributed by atoms with Crippen LogP contribution in [0.4, 0.5) is 0 Å². The van der Waals surface area contributed by atoms with Gasteiger partial charge in [0.1, 0.15) is 6.04 Å². The number of carboxylic acid groups (broad SMARTS) is 1. The summed E-state index contributed by atoms with van der Waals surface area (Å²) in [5.74, 6) is -1.07. The van der Waals surface area contributed by atoms with Gasteiger partial charge in [-0.1, -0.05) is 20.3 Å². The lowest BCUT2D eigenvalue weighted by Gasteiger charge is -2.27. The van der Waals surface area contributed by atoms with Crippen LogP contribution >= 0.6 is 12.4 Å². The van der Waals surface area contributed by atoms with Gasteiger partial charge in [-0.15, -0.1) is 12.4 Å². The zero-order valence-electron chi connectivity index (χ0n) is 12.4. The molecular weight excluding hydrogens is 268 g/mol. The summed E-state index contributed by atoms with van der Waals surface area (Å²) in [5.41, 5.74) is -0.267. The van der Waals surface area contributed by atoms with Gasteiger partial charge < -0.3 is 10.4 Å². The third-order valence-corrected chi connectivity index (χ3v) is 3.07. The third-order valence-electron chi connectivity index (χ3n) is 3.07. The summed E-state index contributed by atoms with van der Waals surface area (Å²) >= 11 is 0. The fourth-order valence-corrected chi connectivity index (χ4v) is 1.47. The molecule has 0 aliphatic heterocycles. The lowest BCUT2D eigenvalue weighted by atomic mass is 10.0. The molecule has 0 aromatic heterocycles. The number of carbonyl (C=O) groups is 2. The number of carbonyl (C=O) groups excluding carboxylic acids is 1. The molecule has 6 heteroatoms. The van der Waals surface area contributed by atoms with Crippen LogP contribution in [-0.2, 0) is 9.59 Å². The number of aliphatic carboxylic acids is 1. The Hall–Kier alpha value is -0.810. The molecule has 3 N–H and O–H groups in total. The molecular formula is C13H27ClN2O3. The van der Waals surface area contributed by atoms with Crippen LogP contribution in [0.15, 0.2) is 0 Å². The highest BCUT2D eigenvalue weighted by Gasteiger charge is 2.25. The molecule has 0 heterocycles. The second-order valence-electron chi connectivity index (χ2n) is 5.29. The Labute approximate surface area is 121 Å². The van der Waals surface area contributed by atoms with Crippen LogP contribution in [0.1, 0.15) is 53.9 Å². The summed E-state index contributed by atoms with van der Waals surface area (Å²) < 4.78 is 0. The Balaban J connectivity index is 0. The van der Waals surface area contributed by atoms with Crippen LogP contribution in [-0.4, -0.2) is 34.6 Å². The van der Waals surface area contributed by atoms with Crippen molar-refractivity contribution in [2.75, 3.05) is 0 Å². The summed E-state index contributed by atoms with van der Waals surface area (Å²) in [6.45, 7) is 9.49. The minimum absolute atomic E-state index is 0. The SMILES string of the molecule is CCCC(NC(C)C(=O)NC(C)(C)CC)C(=O)O.Cl. The molecule has 5 nitrogen and oxygen atoms in total. The maximum atomic E-state index is 11.9. The predicted molar refractivity (Wildman–Crippen MR) is 78.7 cm³/mol. The van der Waals surface area contributed by atoms with Gasteiger partial charge in [0.15, 0.2) is 0 Å². The summed E-state index contributed by atoms with van der Waals surface area (Å²) in [4.78, 5) is 22.9. The van der Waals surface area contributed by atoms with E-state index >= 15 is 0 Å². The monoisotopic (exact) mass is 294 g/mol. The molecule has 0 aliphatic rings. The number of hydrogen-bond donors (Lipinski definition) is 3.